The van der Waals surface area contributed by atoms with E-state index in [4.69, 9.17) is 4.55 Å². The molecule has 4 nitrogen and oxygen atoms in total. The molecule has 0 aromatic carbocycles. The van der Waals surface area contributed by atoms with Crippen molar-refractivity contribution in [2.75, 3.05) is 0 Å². The third-order valence-electron chi connectivity index (χ3n) is 0.837. The minimum atomic E-state index is -4.66. The molecule has 1 atom stereocenters. The van der Waals surface area contributed by atoms with Crippen LogP contribution in [-0.2, 0) is 14.9 Å². The van der Waals surface area contributed by atoms with Gasteiger partial charge in [0.1, 0.15) is 0 Å². The van der Waals surface area contributed by atoms with Crippen molar-refractivity contribution in [2.24, 2.45) is 0 Å². The lowest BCUT2D eigenvalue weighted by atomic mass is 10.8. The van der Waals surface area contributed by atoms with Gasteiger partial charge in [0.05, 0.1) is 0 Å². The average molecular weight is 206 g/mol. The Labute approximate surface area is 66.4 Å². The molecule has 0 fully saturated rings. The summed E-state index contributed by atoms with van der Waals surface area (Å²) in [6.45, 7) is 0.706. The first-order valence-electron chi connectivity index (χ1n) is 2.59. The number of halogens is 3. The second-order valence-corrected chi connectivity index (χ2v) is 3.43. The standard InChI is InChI=1S/C4H5F3O4S/c1-2(12(8,9)10)11-4(7)3(5)6/h2H,1H3,(H,8,9,10). The summed E-state index contributed by atoms with van der Waals surface area (Å²) in [4.78, 5) is 0. The molecule has 0 saturated carbocycles. The third-order valence-corrected chi connectivity index (χ3v) is 1.77. The average Bonchev–Trinajstić information content (AvgIpc) is 1.85. The van der Waals surface area contributed by atoms with Crippen LogP contribution in [0.3, 0.4) is 0 Å². The topological polar surface area (TPSA) is 63.6 Å². The van der Waals surface area contributed by atoms with Crippen LogP contribution in [0.15, 0.2) is 12.1 Å². The summed E-state index contributed by atoms with van der Waals surface area (Å²) in [7, 11) is -4.66. The summed E-state index contributed by atoms with van der Waals surface area (Å²) in [6, 6.07) is -2.32. The summed E-state index contributed by atoms with van der Waals surface area (Å²) in [5, 5.41) is 0. The maximum Gasteiger partial charge on any atom is 0.342 e. The summed E-state index contributed by atoms with van der Waals surface area (Å²) in [5.41, 5.74) is -2.06. The van der Waals surface area contributed by atoms with Gasteiger partial charge in [-0.2, -0.15) is 21.6 Å². The van der Waals surface area contributed by atoms with Crippen molar-refractivity contribution in [2.45, 2.75) is 12.4 Å². The van der Waals surface area contributed by atoms with Gasteiger partial charge < -0.3 is 4.74 Å². The van der Waals surface area contributed by atoms with Gasteiger partial charge in [-0.15, -0.1) is 0 Å². The van der Waals surface area contributed by atoms with E-state index in [1.165, 1.54) is 0 Å². The van der Waals surface area contributed by atoms with Gasteiger partial charge in [0.2, 0.25) is 5.44 Å². The van der Waals surface area contributed by atoms with Crippen LogP contribution in [0.2, 0.25) is 0 Å². The van der Waals surface area contributed by atoms with Crippen molar-refractivity contribution < 1.29 is 30.9 Å². The second-order valence-electron chi connectivity index (χ2n) is 1.73. The molecule has 12 heavy (non-hydrogen) atoms. The molecular weight excluding hydrogens is 201 g/mol. The normalized spacial score (nSPS) is 13.8. The number of hydrogen-bond donors (Lipinski definition) is 1. The number of rotatable bonds is 3. The van der Waals surface area contributed by atoms with Crippen LogP contribution in [0.25, 0.3) is 0 Å². The quantitative estimate of drug-likeness (QED) is 0.558. The predicted octanol–water partition coefficient (Wildman–Crippen LogP) is 1.27. The van der Waals surface area contributed by atoms with Crippen molar-refractivity contribution in [3.63, 3.8) is 0 Å². The maximum atomic E-state index is 11.8. The van der Waals surface area contributed by atoms with E-state index in [2.05, 4.69) is 4.74 Å². The molecule has 0 aliphatic heterocycles. The maximum absolute atomic E-state index is 11.8. The first-order valence-corrected chi connectivity index (χ1v) is 4.09. The zero-order valence-corrected chi connectivity index (χ0v) is 6.61. The molecule has 0 aliphatic carbocycles. The summed E-state index contributed by atoms with van der Waals surface area (Å²) >= 11 is 0. The number of hydrogen-bond acceptors (Lipinski definition) is 3. The van der Waals surface area contributed by atoms with Crippen molar-refractivity contribution in [1.82, 2.24) is 0 Å². The Morgan fingerprint density at radius 2 is 1.83 bits per heavy atom. The highest BCUT2D eigenvalue weighted by Crippen LogP contribution is 2.14. The van der Waals surface area contributed by atoms with Crippen LogP contribution in [0.5, 0.6) is 0 Å². The van der Waals surface area contributed by atoms with E-state index < -0.39 is 27.6 Å². The highest BCUT2D eigenvalue weighted by Gasteiger charge is 2.22. The fourth-order valence-electron chi connectivity index (χ4n) is 0.251. The molecule has 0 spiro atoms. The van der Waals surface area contributed by atoms with E-state index in [0.29, 0.717) is 6.92 Å². The third kappa shape index (κ3) is 3.58. The molecule has 8 heteroatoms. The van der Waals surface area contributed by atoms with Crippen molar-refractivity contribution >= 4 is 10.1 Å². The highest BCUT2D eigenvalue weighted by atomic mass is 32.2. The van der Waals surface area contributed by atoms with Crippen LogP contribution < -0.4 is 0 Å². The summed E-state index contributed by atoms with van der Waals surface area (Å²) in [5.74, 6) is 0. The Morgan fingerprint density at radius 1 is 1.42 bits per heavy atom. The lowest BCUT2D eigenvalue weighted by molar-refractivity contribution is 0.100. The van der Waals surface area contributed by atoms with Gasteiger partial charge in [-0.3, -0.25) is 4.55 Å². The molecule has 0 rings (SSSR count). The van der Waals surface area contributed by atoms with E-state index in [-0.39, 0.29) is 0 Å². The van der Waals surface area contributed by atoms with Crippen LogP contribution in [0.1, 0.15) is 6.92 Å². The number of ether oxygens (including phenoxy) is 1. The fraction of sp³-hybridized carbons (Fsp3) is 0.500. The van der Waals surface area contributed by atoms with E-state index in [9.17, 15) is 21.6 Å². The zero-order chi connectivity index (χ0) is 9.94. The van der Waals surface area contributed by atoms with Crippen molar-refractivity contribution in [3.8, 4) is 0 Å². The van der Waals surface area contributed by atoms with Crippen LogP contribution in [0, 0.1) is 0 Å². The van der Waals surface area contributed by atoms with Gasteiger partial charge in [0, 0.05) is 0 Å². The zero-order valence-electron chi connectivity index (χ0n) is 5.79. The van der Waals surface area contributed by atoms with E-state index in [1.807, 2.05) is 0 Å². The van der Waals surface area contributed by atoms with Crippen LogP contribution in [0.4, 0.5) is 13.2 Å². The molecule has 0 heterocycles. The highest BCUT2D eigenvalue weighted by molar-refractivity contribution is 7.86. The molecule has 0 aliphatic rings. The SMILES string of the molecule is CC(OC(F)=C(F)F)S(=O)(=O)O. The molecular formula is C4H5F3O4S. The van der Waals surface area contributed by atoms with Gasteiger partial charge in [0.15, 0.2) is 0 Å². The smallest absolute Gasteiger partial charge is 0.342 e. The lowest BCUT2D eigenvalue weighted by Crippen LogP contribution is -2.19. The predicted molar refractivity (Wildman–Crippen MR) is 32.4 cm³/mol. The van der Waals surface area contributed by atoms with Crippen molar-refractivity contribution in [1.29, 1.82) is 0 Å². The minimum absolute atomic E-state index is 0.706. The Morgan fingerprint density at radius 3 is 2.08 bits per heavy atom. The second kappa shape index (κ2) is 3.76. The molecule has 0 bridgehead atoms. The molecule has 1 unspecified atom stereocenters. The molecule has 0 saturated heterocycles. The summed E-state index contributed by atoms with van der Waals surface area (Å²) < 4.78 is 66.2. The first kappa shape index (κ1) is 11.2. The Kier molecular flexibility index (Phi) is 3.53. The van der Waals surface area contributed by atoms with E-state index in [1.54, 1.807) is 0 Å². The van der Waals surface area contributed by atoms with Crippen molar-refractivity contribution in [3.05, 3.63) is 12.1 Å². The molecule has 0 aromatic heterocycles. The van der Waals surface area contributed by atoms with Gasteiger partial charge in [0.25, 0.3) is 0 Å². The first-order chi connectivity index (χ1) is 5.25. The monoisotopic (exact) mass is 206 g/mol. The Bertz CT molecular complexity index is 279. The van der Waals surface area contributed by atoms with Gasteiger partial charge in [-0.05, 0) is 6.92 Å². The fourth-order valence-corrected chi connectivity index (χ4v) is 0.457. The summed E-state index contributed by atoms with van der Waals surface area (Å²) in [6.07, 6.45) is -2.79. The minimum Gasteiger partial charge on any atom is -0.445 e. The molecule has 1 N–H and O–H groups in total. The molecule has 0 aromatic rings. The van der Waals surface area contributed by atoms with Gasteiger partial charge in [-0.1, -0.05) is 0 Å². The molecule has 0 radical (unpaired) electrons. The van der Waals surface area contributed by atoms with Gasteiger partial charge >= 0.3 is 22.2 Å². The Hall–Kier alpha value is -0.760. The van der Waals surface area contributed by atoms with E-state index in [0.717, 1.165) is 0 Å². The van der Waals surface area contributed by atoms with E-state index >= 15 is 0 Å². The van der Waals surface area contributed by atoms with Crippen LogP contribution in [-0.4, -0.2) is 18.4 Å². The lowest BCUT2D eigenvalue weighted by Gasteiger charge is -2.07. The molecule has 0 amide bonds. The van der Waals surface area contributed by atoms with Crippen LogP contribution >= 0.6 is 0 Å². The van der Waals surface area contributed by atoms with Gasteiger partial charge in [-0.25, -0.2) is 0 Å². The Balaban J connectivity index is 4.42. The molecule has 72 valence electrons. The largest absolute Gasteiger partial charge is 0.445 e.